The van der Waals surface area contributed by atoms with Gasteiger partial charge in [-0.3, -0.25) is 4.68 Å². The third-order valence-corrected chi connectivity index (χ3v) is 2.57. The normalized spacial score (nSPS) is 13.3. The molecule has 0 saturated carbocycles. The SMILES string of the molecule is CC(C)Cn1nccc1C(CN)NC(=O)OC(C)(C)C. The molecule has 114 valence electrons. The Morgan fingerprint density at radius 3 is 2.65 bits per heavy atom. The average Bonchev–Trinajstić information content (AvgIpc) is 2.70. The second kappa shape index (κ2) is 6.74. The fourth-order valence-corrected chi connectivity index (χ4v) is 1.84. The number of amides is 1. The topological polar surface area (TPSA) is 82.2 Å². The van der Waals surface area contributed by atoms with Gasteiger partial charge in [-0.25, -0.2) is 4.79 Å². The number of rotatable bonds is 5. The lowest BCUT2D eigenvalue weighted by molar-refractivity contribution is 0.0503. The number of carbonyl (C=O) groups excluding carboxylic acids is 1. The quantitative estimate of drug-likeness (QED) is 0.866. The molecule has 1 rings (SSSR count). The molecular weight excluding hydrogens is 256 g/mol. The van der Waals surface area contributed by atoms with Crippen molar-refractivity contribution in [2.24, 2.45) is 11.7 Å². The number of hydrogen-bond donors (Lipinski definition) is 2. The summed E-state index contributed by atoms with van der Waals surface area (Å²) in [4.78, 5) is 11.8. The molecule has 0 aromatic carbocycles. The van der Waals surface area contributed by atoms with Gasteiger partial charge in [-0.2, -0.15) is 5.10 Å². The Labute approximate surface area is 120 Å². The van der Waals surface area contributed by atoms with Crippen molar-refractivity contribution in [3.05, 3.63) is 18.0 Å². The first-order valence-electron chi connectivity index (χ1n) is 6.94. The van der Waals surface area contributed by atoms with Crippen LogP contribution < -0.4 is 11.1 Å². The first-order valence-corrected chi connectivity index (χ1v) is 6.94. The van der Waals surface area contributed by atoms with E-state index in [1.54, 1.807) is 6.20 Å². The number of nitrogens with two attached hydrogens (primary N) is 1. The molecule has 1 aromatic rings. The summed E-state index contributed by atoms with van der Waals surface area (Å²) in [5.41, 5.74) is 6.13. The van der Waals surface area contributed by atoms with Gasteiger partial charge >= 0.3 is 6.09 Å². The minimum absolute atomic E-state index is 0.295. The van der Waals surface area contributed by atoms with E-state index in [-0.39, 0.29) is 6.04 Å². The van der Waals surface area contributed by atoms with E-state index in [0.717, 1.165) is 12.2 Å². The predicted octanol–water partition coefficient (Wildman–Crippen LogP) is 2.06. The summed E-state index contributed by atoms with van der Waals surface area (Å²) >= 11 is 0. The van der Waals surface area contributed by atoms with Crippen molar-refractivity contribution in [1.29, 1.82) is 0 Å². The molecule has 1 aromatic heterocycles. The molecule has 0 radical (unpaired) electrons. The lowest BCUT2D eigenvalue weighted by Crippen LogP contribution is -2.38. The molecule has 0 bridgehead atoms. The van der Waals surface area contributed by atoms with Gasteiger partial charge in [-0.15, -0.1) is 0 Å². The van der Waals surface area contributed by atoms with Crippen LogP contribution in [0, 0.1) is 5.92 Å². The van der Waals surface area contributed by atoms with Crippen LogP contribution in [0.15, 0.2) is 12.3 Å². The first kappa shape index (κ1) is 16.5. The number of nitrogens with zero attached hydrogens (tertiary/aromatic N) is 2. The Bertz CT molecular complexity index is 435. The molecule has 1 unspecified atom stereocenters. The smallest absolute Gasteiger partial charge is 0.408 e. The molecule has 20 heavy (non-hydrogen) atoms. The molecule has 0 aliphatic rings. The molecule has 3 N–H and O–H groups in total. The molecule has 0 spiro atoms. The van der Waals surface area contributed by atoms with E-state index in [0.29, 0.717) is 12.5 Å². The monoisotopic (exact) mass is 282 g/mol. The third-order valence-electron chi connectivity index (χ3n) is 2.57. The van der Waals surface area contributed by atoms with Gasteiger partial charge in [0.05, 0.1) is 11.7 Å². The highest BCUT2D eigenvalue weighted by Gasteiger charge is 2.22. The molecule has 0 saturated heterocycles. The third kappa shape index (κ3) is 5.21. The molecule has 6 heteroatoms. The zero-order valence-electron chi connectivity index (χ0n) is 13.0. The maximum atomic E-state index is 11.8. The lowest BCUT2D eigenvalue weighted by atomic mass is 10.2. The summed E-state index contributed by atoms with van der Waals surface area (Å²) in [5, 5.41) is 7.07. The van der Waals surface area contributed by atoms with Crippen molar-refractivity contribution in [3.8, 4) is 0 Å². The predicted molar refractivity (Wildman–Crippen MR) is 78.2 cm³/mol. The summed E-state index contributed by atoms with van der Waals surface area (Å²) < 4.78 is 7.13. The van der Waals surface area contributed by atoms with Gasteiger partial charge in [0.25, 0.3) is 0 Å². The highest BCUT2D eigenvalue weighted by Crippen LogP contribution is 2.14. The molecule has 1 atom stereocenters. The summed E-state index contributed by atoms with van der Waals surface area (Å²) in [5.74, 6) is 0.466. The number of nitrogens with one attached hydrogen (secondary N) is 1. The number of aromatic nitrogens is 2. The molecule has 0 aliphatic carbocycles. The van der Waals surface area contributed by atoms with Crippen LogP contribution in [-0.2, 0) is 11.3 Å². The maximum Gasteiger partial charge on any atom is 0.408 e. The molecule has 1 heterocycles. The van der Waals surface area contributed by atoms with Crippen LogP contribution in [0.25, 0.3) is 0 Å². The highest BCUT2D eigenvalue weighted by atomic mass is 16.6. The van der Waals surface area contributed by atoms with Gasteiger partial charge in [0, 0.05) is 19.3 Å². The second-order valence-corrected chi connectivity index (χ2v) is 6.27. The average molecular weight is 282 g/mol. The van der Waals surface area contributed by atoms with E-state index in [1.165, 1.54) is 0 Å². The van der Waals surface area contributed by atoms with E-state index >= 15 is 0 Å². The van der Waals surface area contributed by atoms with Gasteiger partial charge in [0.15, 0.2) is 0 Å². The van der Waals surface area contributed by atoms with E-state index in [1.807, 2.05) is 31.5 Å². The van der Waals surface area contributed by atoms with Crippen LogP contribution in [0.2, 0.25) is 0 Å². The molecule has 6 nitrogen and oxygen atoms in total. The highest BCUT2D eigenvalue weighted by molar-refractivity contribution is 5.68. The molecular formula is C14H26N4O2. The van der Waals surface area contributed by atoms with Crippen LogP contribution in [0.5, 0.6) is 0 Å². The fourth-order valence-electron chi connectivity index (χ4n) is 1.84. The number of carbonyl (C=O) groups is 1. The van der Waals surface area contributed by atoms with Gasteiger partial charge in [-0.05, 0) is 32.8 Å². The van der Waals surface area contributed by atoms with Crippen LogP contribution in [0.3, 0.4) is 0 Å². The molecule has 0 fully saturated rings. The molecule has 0 aliphatic heterocycles. The van der Waals surface area contributed by atoms with Crippen molar-refractivity contribution in [3.63, 3.8) is 0 Å². The molecule has 1 amide bonds. The number of ether oxygens (including phenoxy) is 1. The first-order chi connectivity index (χ1) is 9.23. The summed E-state index contributed by atoms with van der Waals surface area (Å²) in [6.45, 7) is 10.8. The van der Waals surface area contributed by atoms with Gasteiger partial charge in [0.1, 0.15) is 5.60 Å². The van der Waals surface area contributed by atoms with Crippen LogP contribution in [0.4, 0.5) is 4.79 Å². The Hall–Kier alpha value is -1.56. The largest absolute Gasteiger partial charge is 0.444 e. The van der Waals surface area contributed by atoms with Crippen molar-refractivity contribution >= 4 is 6.09 Å². The van der Waals surface area contributed by atoms with Crippen LogP contribution in [-0.4, -0.2) is 28.0 Å². The Balaban J connectivity index is 2.76. The Kier molecular flexibility index (Phi) is 5.56. The fraction of sp³-hybridized carbons (Fsp3) is 0.714. The Morgan fingerprint density at radius 2 is 2.15 bits per heavy atom. The minimum Gasteiger partial charge on any atom is -0.444 e. The summed E-state index contributed by atoms with van der Waals surface area (Å²) in [7, 11) is 0. The maximum absolute atomic E-state index is 11.8. The standard InChI is InChI=1S/C14H26N4O2/c1-10(2)9-18-12(6-7-16-18)11(8-15)17-13(19)20-14(3,4)5/h6-7,10-11H,8-9,15H2,1-5H3,(H,17,19). The van der Waals surface area contributed by atoms with Crippen molar-refractivity contribution in [2.75, 3.05) is 6.54 Å². The number of hydrogen-bond acceptors (Lipinski definition) is 4. The lowest BCUT2D eigenvalue weighted by Gasteiger charge is -2.23. The van der Waals surface area contributed by atoms with Crippen molar-refractivity contribution in [1.82, 2.24) is 15.1 Å². The van der Waals surface area contributed by atoms with Crippen molar-refractivity contribution in [2.45, 2.75) is 52.8 Å². The minimum atomic E-state index is -0.526. The van der Waals surface area contributed by atoms with E-state index in [9.17, 15) is 4.79 Å². The Morgan fingerprint density at radius 1 is 1.50 bits per heavy atom. The van der Waals surface area contributed by atoms with E-state index in [2.05, 4.69) is 24.3 Å². The van der Waals surface area contributed by atoms with Crippen LogP contribution in [0.1, 0.15) is 46.4 Å². The zero-order valence-corrected chi connectivity index (χ0v) is 13.0. The van der Waals surface area contributed by atoms with Gasteiger partial charge in [0.2, 0.25) is 0 Å². The van der Waals surface area contributed by atoms with Crippen molar-refractivity contribution < 1.29 is 9.53 Å². The summed E-state index contributed by atoms with van der Waals surface area (Å²) in [6.07, 6.45) is 1.25. The van der Waals surface area contributed by atoms with Crippen LogP contribution >= 0.6 is 0 Å². The van der Waals surface area contributed by atoms with E-state index in [4.69, 9.17) is 10.5 Å². The summed E-state index contributed by atoms with van der Waals surface area (Å²) in [6, 6.07) is 1.57. The van der Waals surface area contributed by atoms with E-state index < -0.39 is 11.7 Å². The zero-order chi connectivity index (χ0) is 15.3. The van der Waals surface area contributed by atoms with Gasteiger partial charge in [-0.1, -0.05) is 13.8 Å². The van der Waals surface area contributed by atoms with Gasteiger partial charge < -0.3 is 15.8 Å². The number of alkyl carbamates (subject to hydrolysis) is 1. The second-order valence-electron chi connectivity index (χ2n) is 6.27.